The maximum atomic E-state index is 13.2. The molecule has 1 aliphatic heterocycles. The van der Waals surface area contributed by atoms with Gasteiger partial charge in [0.25, 0.3) is 5.91 Å². The minimum Gasteiger partial charge on any atom is -0.286 e. The van der Waals surface area contributed by atoms with Crippen LogP contribution in [0.3, 0.4) is 0 Å². The Kier molecular flexibility index (Phi) is 5.13. The first-order valence-electron chi connectivity index (χ1n) is 7.12. The molecule has 1 amide bonds. The number of amidine groups is 1. The number of hydrogen-bond acceptors (Lipinski definition) is 3. The number of benzene rings is 2. The largest absolute Gasteiger partial charge is 0.286 e. The molecule has 0 atom stereocenters. The van der Waals surface area contributed by atoms with E-state index in [1.54, 1.807) is 23.1 Å². The van der Waals surface area contributed by atoms with Crippen LogP contribution in [0.15, 0.2) is 58.0 Å². The zero-order valence-electron chi connectivity index (χ0n) is 12.2. The minimum absolute atomic E-state index is 0.0608. The molecule has 1 aliphatic rings. The Labute approximate surface area is 146 Å². The highest BCUT2D eigenvalue weighted by Crippen LogP contribution is 2.22. The van der Waals surface area contributed by atoms with Crippen molar-refractivity contribution in [2.24, 2.45) is 4.99 Å². The maximum Gasteiger partial charge on any atom is 0.259 e. The molecular weight excluding hydrogens is 379 g/mol. The van der Waals surface area contributed by atoms with Crippen LogP contribution in [0.5, 0.6) is 0 Å². The van der Waals surface area contributed by atoms with Crippen molar-refractivity contribution in [2.75, 3.05) is 13.1 Å². The van der Waals surface area contributed by atoms with Crippen LogP contribution in [0.25, 0.3) is 0 Å². The van der Waals surface area contributed by atoms with Crippen molar-refractivity contribution in [3.8, 4) is 0 Å². The first-order chi connectivity index (χ1) is 11.1. The minimum atomic E-state index is -0.251. The van der Waals surface area contributed by atoms with Gasteiger partial charge in [0.05, 0.1) is 6.54 Å². The van der Waals surface area contributed by atoms with Gasteiger partial charge in [0.2, 0.25) is 0 Å². The van der Waals surface area contributed by atoms with Gasteiger partial charge < -0.3 is 0 Å². The van der Waals surface area contributed by atoms with Crippen LogP contribution >= 0.6 is 27.7 Å². The van der Waals surface area contributed by atoms with Crippen molar-refractivity contribution in [2.45, 2.75) is 5.75 Å². The Morgan fingerprint density at radius 1 is 1.26 bits per heavy atom. The molecule has 0 unspecified atom stereocenters. The molecule has 0 saturated carbocycles. The monoisotopic (exact) mass is 392 g/mol. The van der Waals surface area contributed by atoms with E-state index in [2.05, 4.69) is 20.9 Å². The van der Waals surface area contributed by atoms with Crippen LogP contribution < -0.4 is 0 Å². The van der Waals surface area contributed by atoms with Gasteiger partial charge in [0.15, 0.2) is 5.17 Å². The summed E-state index contributed by atoms with van der Waals surface area (Å²) in [5.41, 5.74) is 1.50. The number of halogens is 2. The Balaban J connectivity index is 1.69. The molecule has 2 aromatic carbocycles. The average Bonchev–Trinajstić information content (AvgIpc) is 3.01. The van der Waals surface area contributed by atoms with Gasteiger partial charge in [0, 0.05) is 22.3 Å². The maximum absolute atomic E-state index is 13.2. The molecule has 0 radical (unpaired) electrons. The zero-order chi connectivity index (χ0) is 16.2. The molecule has 3 nitrogen and oxygen atoms in total. The van der Waals surface area contributed by atoms with Gasteiger partial charge in [-0.2, -0.15) is 0 Å². The van der Waals surface area contributed by atoms with Gasteiger partial charge in [0.1, 0.15) is 5.82 Å². The molecule has 2 aromatic rings. The van der Waals surface area contributed by atoms with E-state index in [-0.39, 0.29) is 11.7 Å². The SMILES string of the molecule is O=C(c1cccc(Br)c1)N1CCN=C1SCc1cccc(F)c1. The predicted octanol–water partition coefficient (Wildman–Crippen LogP) is 4.33. The Morgan fingerprint density at radius 2 is 2.09 bits per heavy atom. The zero-order valence-corrected chi connectivity index (χ0v) is 14.6. The quantitative estimate of drug-likeness (QED) is 0.778. The molecule has 3 rings (SSSR count). The van der Waals surface area contributed by atoms with E-state index >= 15 is 0 Å². The Bertz CT molecular complexity index is 766. The van der Waals surface area contributed by atoms with E-state index in [0.29, 0.717) is 29.6 Å². The summed E-state index contributed by atoms with van der Waals surface area (Å²) >= 11 is 4.84. The normalized spacial score (nSPS) is 14.0. The summed E-state index contributed by atoms with van der Waals surface area (Å²) in [7, 11) is 0. The molecule has 0 aliphatic carbocycles. The van der Waals surface area contributed by atoms with Crippen LogP contribution in [0, 0.1) is 5.82 Å². The molecule has 0 saturated heterocycles. The van der Waals surface area contributed by atoms with E-state index in [0.717, 1.165) is 10.0 Å². The summed E-state index contributed by atoms with van der Waals surface area (Å²) in [6, 6.07) is 13.8. The number of amides is 1. The molecule has 0 N–H and O–H groups in total. The highest BCUT2D eigenvalue weighted by atomic mass is 79.9. The number of nitrogens with zero attached hydrogens (tertiary/aromatic N) is 2. The van der Waals surface area contributed by atoms with Gasteiger partial charge in [-0.1, -0.05) is 45.9 Å². The molecule has 0 bridgehead atoms. The second-order valence-electron chi connectivity index (χ2n) is 5.05. The Morgan fingerprint density at radius 3 is 2.87 bits per heavy atom. The van der Waals surface area contributed by atoms with Gasteiger partial charge in [-0.25, -0.2) is 4.39 Å². The fourth-order valence-electron chi connectivity index (χ4n) is 2.29. The van der Waals surface area contributed by atoms with Crippen LogP contribution in [-0.2, 0) is 5.75 Å². The van der Waals surface area contributed by atoms with E-state index in [1.165, 1.54) is 23.9 Å². The standard InChI is InChI=1S/C17H14BrFN2OS/c18-14-5-2-4-13(10-14)16(22)21-8-7-20-17(21)23-11-12-3-1-6-15(19)9-12/h1-6,9-10H,7-8,11H2. The number of carbonyl (C=O) groups excluding carboxylic acids is 1. The van der Waals surface area contributed by atoms with Crippen molar-refractivity contribution in [3.63, 3.8) is 0 Å². The van der Waals surface area contributed by atoms with Crippen LogP contribution in [0.1, 0.15) is 15.9 Å². The predicted molar refractivity (Wildman–Crippen MR) is 95.2 cm³/mol. The molecule has 0 fully saturated rings. The third kappa shape index (κ3) is 4.00. The number of aliphatic imine (C=N–C) groups is 1. The van der Waals surface area contributed by atoms with Gasteiger partial charge in [-0.3, -0.25) is 14.7 Å². The van der Waals surface area contributed by atoms with E-state index < -0.39 is 0 Å². The highest BCUT2D eigenvalue weighted by Gasteiger charge is 2.25. The van der Waals surface area contributed by atoms with Crippen LogP contribution in [-0.4, -0.2) is 29.1 Å². The average molecular weight is 393 g/mol. The lowest BCUT2D eigenvalue weighted by atomic mass is 10.2. The van der Waals surface area contributed by atoms with Crippen molar-refractivity contribution in [1.82, 2.24) is 4.90 Å². The van der Waals surface area contributed by atoms with Crippen molar-refractivity contribution < 1.29 is 9.18 Å². The number of thioether (sulfide) groups is 1. The molecule has 1 heterocycles. The lowest BCUT2D eigenvalue weighted by Crippen LogP contribution is -2.32. The summed E-state index contributed by atoms with van der Waals surface area (Å²) in [5, 5.41) is 0.694. The van der Waals surface area contributed by atoms with Crippen molar-refractivity contribution >= 4 is 38.8 Å². The summed E-state index contributed by atoms with van der Waals surface area (Å²) in [4.78, 5) is 18.7. The van der Waals surface area contributed by atoms with E-state index in [9.17, 15) is 9.18 Å². The highest BCUT2D eigenvalue weighted by molar-refractivity contribution is 9.10. The molecule has 0 aromatic heterocycles. The van der Waals surface area contributed by atoms with Gasteiger partial charge >= 0.3 is 0 Å². The summed E-state index contributed by atoms with van der Waals surface area (Å²) < 4.78 is 14.1. The fourth-order valence-corrected chi connectivity index (χ4v) is 3.68. The third-order valence-electron chi connectivity index (χ3n) is 3.38. The van der Waals surface area contributed by atoms with Gasteiger partial charge in [-0.05, 0) is 35.9 Å². The van der Waals surface area contributed by atoms with Gasteiger partial charge in [-0.15, -0.1) is 0 Å². The van der Waals surface area contributed by atoms with E-state index in [4.69, 9.17) is 0 Å². The number of rotatable bonds is 3. The number of carbonyl (C=O) groups is 1. The first-order valence-corrected chi connectivity index (χ1v) is 8.90. The van der Waals surface area contributed by atoms with Crippen molar-refractivity contribution in [1.29, 1.82) is 0 Å². The summed E-state index contributed by atoms with van der Waals surface area (Å²) in [5.74, 6) is 0.270. The van der Waals surface area contributed by atoms with Crippen LogP contribution in [0.4, 0.5) is 4.39 Å². The second kappa shape index (κ2) is 7.27. The van der Waals surface area contributed by atoms with E-state index in [1.807, 2.05) is 18.2 Å². The molecular formula is C17H14BrFN2OS. The first kappa shape index (κ1) is 16.2. The second-order valence-corrected chi connectivity index (χ2v) is 6.91. The molecule has 6 heteroatoms. The molecule has 0 spiro atoms. The topological polar surface area (TPSA) is 32.7 Å². The smallest absolute Gasteiger partial charge is 0.259 e. The molecule has 23 heavy (non-hydrogen) atoms. The summed E-state index contributed by atoms with van der Waals surface area (Å²) in [6.45, 7) is 1.18. The fraction of sp³-hybridized carbons (Fsp3) is 0.176. The lowest BCUT2D eigenvalue weighted by Gasteiger charge is -2.18. The van der Waals surface area contributed by atoms with Crippen LogP contribution in [0.2, 0.25) is 0 Å². The summed E-state index contributed by atoms with van der Waals surface area (Å²) in [6.07, 6.45) is 0. The lowest BCUT2D eigenvalue weighted by molar-refractivity contribution is 0.0860. The molecule has 118 valence electrons. The van der Waals surface area contributed by atoms with Crippen molar-refractivity contribution in [3.05, 3.63) is 69.9 Å². The number of hydrogen-bond donors (Lipinski definition) is 0. The Hall–Kier alpha value is -1.66. The third-order valence-corrected chi connectivity index (χ3v) is 4.95.